The van der Waals surface area contributed by atoms with Crippen molar-refractivity contribution in [1.29, 1.82) is 0 Å². The molecule has 0 bridgehead atoms. The highest BCUT2D eigenvalue weighted by atomic mass is 16.5. The molecule has 0 aliphatic heterocycles. The zero-order chi connectivity index (χ0) is 17.6. The summed E-state index contributed by atoms with van der Waals surface area (Å²) in [6.07, 6.45) is 2.72. The number of nitrogen functional groups attached to an aromatic ring is 1. The van der Waals surface area contributed by atoms with E-state index in [1.165, 1.54) is 6.33 Å². The van der Waals surface area contributed by atoms with Gasteiger partial charge in [-0.05, 0) is 37.5 Å². The van der Waals surface area contributed by atoms with E-state index in [1.807, 2.05) is 29.8 Å². The van der Waals surface area contributed by atoms with Crippen LogP contribution < -0.4 is 5.73 Å². The molecule has 1 atom stereocenters. The van der Waals surface area contributed by atoms with Crippen molar-refractivity contribution in [2.24, 2.45) is 5.92 Å². The van der Waals surface area contributed by atoms with Crippen LogP contribution in [0.1, 0.15) is 28.2 Å². The molecule has 1 aromatic carbocycles. The number of nitrogens with two attached hydrogens (primary N) is 1. The first-order valence-electron chi connectivity index (χ1n) is 8.19. The Morgan fingerprint density at radius 2 is 2.16 bits per heavy atom. The van der Waals surface area contributed by atoms with Crippen molar-refractivity contribution in [3.63, 3.8) is 0 Å². The van der Waals surface area contributed by atoms with Gasteiger partial charge in [-0.25, -0.2) is 14.6 Å². The summed E-state index contributed by atoms with van der Waals surface area (Å²) in [5.41, 5.74) is 9.96. The Kier molecular flexibility index (Phi) is 3.73. The third-order valence-electron chi connectivity index (χ3n) is 4.69. The number of hydrogen-bond acceptors (Lipinski definition) is 6. The maximum atomic E-state index is 12.5. The summed E-state index contributed by atoms with van der Waals surface area (Å²) in [7, 11) is 1.66. The molecular formula is C18H19N5O2. The number of nitrogens with zero attached hydrogens (tertiary/aromatic N) is 4. The lowest BCUT2D eigenvalue weighted by Crippen LogP contribution is -2.24. The average molecular weight is 337 g/mol. The van der Waals surface area contributed by atoms with E-state index in [0.717, 1.165) is 40.0 Å². The Morgan fingerprint density at radius 1 is 1.32 bits per heavy atom. The summed E-state index contributed by atoms with van der Waals surface area (Å²) < 4.78 is 7.10. The Balaban J connectivity index is 1.84. The van der Waals surface area contributed by atoms with Gasteiger partial charge in [0.25, 0.3) is 0 Å². The Bertz CT molecular complexity index is 979. The predicted octanol–water partition coefficient (Wildman–Crippen LogP) is 2.10. The van der Waals surface area contributed by atoms with Gasteiger partial charge in [-0.2, -0.15) is 5.10 Å². The molecule has 1 aliphatic rings. The molecule has 4 rings (SSSR count). The highest BCUT2D eigenvalue weighted by molar-refractivity contribution is 5.99. The van der Waals surface area contributed by atoms with Gasteiger partial charge in [0.1, 0.15) is 12.1 Å². The van der Waals surface area contributed by atoms with E-state index in [2.05, 4.69) is 15.1 Å². The van der Waals surface area contributed by atoms with E-state index in [-0.39, 0.29) is 11.7 Å². The third-order valence-corrected chi connectivity index (χ3v) is 4.69. The monoisotopic (exact) mass is 337 g/mol. The number of aromatic nitrogens is 4. The molecule has 2 N–H and O–H groups in total. The first-order chi connectivity index (χ1) is 12.1. The SMILES string of the molecule is COCC1CC(=O)c2c(C)nn(-c3ccc4c(N)ncnc4c3)c2C1. The van der Waals surface area contributed by atoms with Gasteiger partial charge in [-0.3, -0.25) is 4.79 Å². The van der Waals surface area contributed by atoms with Gasteiger partial charge in [0, 0.05) is 25.5 Å². The van der Waals surface area contributed by atoms with Crippen molar-refractivity contribution in [2.45, 2.75) is 19.8 Å². The van der Waals surface area contributed by atoms with Crippen LogP contribution in [0.5, 0.6) is 0 Å². The number of carbonyl (C=O) groups excluding carboxylic acids is 1. The predicted molar refractivity (Wildman–Crippen MR) is 93.8 cm³/mol. The van der Waals surface area contributed by atoms with Crippen molar-refractivity contribution >= 4 is 22.5 Å². The van der Waals surface area contributed by atoms with Gasteiger partial charge in [0.15, 0.2) is 5.78 Å². The molecule has 0 spiro atoms. The lowest BCUT2D eigenvalue weighted by Gasteiger charge is -2.22. The van der Waals surface area contributed by atoms with Gasteiger partial charge in [-0.1, -0.05) is 0 Å². The van der Waals surface area contributed by atoms with Crippen LogP contribution in [0.25, 0.3) is 16.6 Å². The summed E-state index contributed by atoms with van der Waals surface area (Å²) in [5.74, 6) is 0.767. The minimum absolute atomic E-state index is 0.138. The summed E-state index contributed by atoms with van der Waals surface area (Å²) >= 11 is 0. The quantitative estimate of drug-likeness (QED) is 0.786. The van der Waals surface area contributed by atoms with Crippen LogP contribution in [0, 0.1) is 12.8 Å². The fourth-order valence-corrected chi connectivity index (χ4v) is 3.60. The molecule has 0 saturated carbocycles. The number of carbonyl (C=O) groups is 1. The maximum Gasteiger partial charge on any atom is 0.166 e. The smallest absolute Gasteiger partial charge is 0.166 e. The zero-order valence-electron chi connectivity index (χ0n) is 14.2. The Morgan fingerprint density at radius 3 is 2.96 bits per heavy atom. The van der Waals surface area contributed by atoms with Gasteiger partial charge >= 0.3 is 0 Å². The summed E-state index contributed by atoms with van der Waals surface area (Å²) in [6.45, 7) is 2.45. The standard InChI is InChI=1S/C18H19N5O2/c1-10-17-15(5-11(8-25-2)6-16(17)24)23(22-10)12-3-4-13-14(7-12)20-9-21-18(13)19/h3-4,7,9,11H,5-6,8H2,1-2H3,(H2,19,20,21). The maximum absolute atomic E-state index is 12.5. The number of rotatable bonds is 3. The van der Waals surface area contributed by atoms with Gasteiger partial charge in [0.05, 0.1) is 28.2 Å². The normalized spacial score (nSPS) is 17.0. The van der Waals surface area contributed by atoms with E-state index < -0.39 is 0 Å². The van der Waals surface area contributed by atoms with Crippen LogP contribution in [0.15, 0.2) is 24.5 Å². The van der Waals surface area contributed by atoms with Crippen molar-refractivity contribution in [2.75, 3.05) is 19.5 Å². The summed E-state index contributed by atoms with van der Waals surface area (Å²) in [5, 5.41) is 5.42. The molecule has 2 aromatic heterocycles. The highest BCUT2D eigenvalue weighted by Crippen LogP contribution is 2.31. The van der Waals surface area contributed by atoms with Crippen molar-refractivity contribution in [1.82, 2.24) is 19.7 Å². The third kappa shape index (κ3) is 2.56. The number of ketones is 1. The van der Waals surface area contributed by atoms with Crippen LogP contribution >= 0.6 is 0 Å². The minimum Gasteiger partial charge on any atom is -0.384 e. The number of fused-ring (bicyclic) bond motifs is 2. The molecule has 128 valence electrons. The molecule has 1 aliphatic carbocycles. The van der Waals surface area contributed by atoms with E-state index in [9.17, 15) is 4.79 Å². The first kappa shape index (κ1) is 15.7. The van der Waals surface area contributed by atoms with Crippen molar-refractivity contribution in [3.8, 4) is 5.69 Å². The van der Waals surface area contributed by atoms with Crippen molar-refractivity contribution < 1.29 is 9.53 Å². The molecule has 0 radical (unpaired) electrons. The van der Waals surface area contributed by atoms with Crippen LogP contribution in [-0.4, -0.2) is 39.2 Å². The molecular weight excluding hydrogens is 318 g/mol. The van der Waals surface area contributed by atoms with Crippen molar-refractivity contribution in [3.05, 3.63) is 41.5 Å². The molecule has 1 unspecified atom stereocenters. The molecule has 0 amide bonds. The van der Waals surface area contributed by atoms with Crippen LogP contribution in [0.3, 0.4) is 0 Å². The van der Waals surface area contributed by atoms with Crippen LogP contribution in [0.4, 0.5) is 5.82 Å². The molecule has 0 fully saturated rings. The number of aryl methyl sites for hydroxylation is 1. The fraction of sp³-hybridized carbons (Fsp3) is 0.333. The second kappa shape index (κ2) is 5.93. The molecule has 2 heterocycles. The number of hydrogen-bond donors (Lipinski definition) is 1. The lowest BCUT2D eigenvalue weighted by molar-refractivity contribution is 0.0882. The topological polar surface area (TPSA) is 95.9 Å². The molecule has 7 nitrogen and oxygen atoms in total. The zero-order valence-corrected chi connectivity index (χ0v) is 14.2. The summed E-state index contributed by atoms with van der Waals surface area (Å²) in [6, 6.07) is 5.74. The molecule has 3 aromatic rings. The van der Waals surface area contributed by atoms with E-state index in [1.54, 1.807) is 7.11 Å². The summed E-state index contributed by atoms with van der Waals surface area (Å²) in [4.78, 5) is 20.8. The van der Waals surface area contributed by atoms with E-state index in [0.29, 0.717) is 18.8 Å². The largest absolute Gasteiger partial charge is 0.384 e. The number of methoxy groups -OCH3 is 1. The number of benzene rings is 1. The molecule has 7 heteroatoms. The molecule has 0 saturated heterocycles. The van der Waals surface area contributed by atoms with Gasteiger partial charge in [0.2, 0.25) is 0 Å². The number of anilines is 1. The average Bonchev–Trinajstić information content (AvgIpc) is 2.92. The first-order valence-corrected chi connectivity index (χ1v) is 8.19. The van der Waals surface area contributed by atoms with E-state index in [4.69, 9.17) is 10.5 Å². The number of Topliss-reactive ketones (excluding diaryl/α,β-unsaturated/α-hetero) is 1. The van der Waals surface area contributed by atoms with E-state index >= 15 is 0 Å². The minimum atomic E-state index is 0.138. The fourth-order valence-electron chi connectivity index (χ4n) is 3.60. The Labute approximate surface area is 144 Å². The second-order valence-corrected chi connectivity index (χ2v) is 6.43. The highest BCUT2D eigenvalue weighted by Gasteiger charge is 2.31. The van der Waals surface area contributed by atoms with Gasteiger partial charge in [-0.15, -0.1) is 0 Å². The molecule has 25 heavy (non-hydrogen) atoms. The van der Waals surface area contributed by atoms with Crippen LogP contribution in [-0.2, 0) is 11.2 Å². The Hall–Kier alpha value is -2.80. The lowest BCUT2D eigenvalue weighted by atomic mass is 9.86. The number of ether oxygens (including phenoxy) is 1. The second-order valence-electron chi connectivity index (χ2n) is 6.43. The van der Waals surface area contributed by atoms with Gasteiger partial charge < -0.3 is 10.5 Å². The van der Waals surface area contributed by atoms with Crippen LogP contribution in [0.2, 0.25) is 0 Å².